The number of fused-ring (bicyclic) bond motifs is 1. The number of nitrogens with zero attached hydrogens (tertiary/aromatic N) is 2. The molecule has 1 saturated heterocycles. The molecule has 1 aliphatic rings. The van der Waals surface area contributed by atoms with Gasteiger partial charge in [-0.2, -0.15) is 13.2 Å². The molecule has 2 aromatic rings. The number of rotatable bonds is 7. The van der Waals surface area contributed by atoms with Crippen LogP contribution in [-0.4, -0.2) is 54.8 Å². The minimum atomic E-state index is -4.77. The van der Waals surface area contributed by atoms with E-state index in [0.29, 0.717) is 30.2 Å². The molecule has 192 valence electrons. The van der Waals surface area contributed by atoms with Crippen LogP contribution in [0.5, 0.6) is 11.5 Å². The summed E-state index contributed by atoms with van der Waals surface area (Å²) >= 11 is 0. The van der Waals surface area contributed by atoms with Crippen molar-refractivity contribution < 1.29 is 46.5 Å². The van der Waals surface area contributed by atoms with Gasteiger partial charge in [-0.1, -0.05) is 0 Å². The molecule has 1 aromatic carbocycles. The second kappa shape index (κ2) is 10.4. The van der Waals surface area contributed by atoms with E-state index in [-0.39, 0.29) is 42.4 Å². The SMILES string of the molecule is CCOC(=O)C[C@@H]1CCCN(c2c(F)cc3c(=O)c(OC(=O)O)cn(CC(F)(F)F)c3c2OC)C1. The van der Waals surface area contributed by atoms with Crippen LogP contribution in [0.15, 0.2) is 17.1 Å². The van der Waals surface area contributed by atoms with Crippen LogP contribution >= 0.6 is 0 Å². The molecule has 35 heavy (non-hydrogen) atoms. The van der Waals surface area contributed by atoms with Crippen molar-refractivity contribution in [3.8, 4) is 11.5 Å². The number of alkyl halides is 3. The fraction of sp³-hybridized carbons (Fsp3) is 0.500. The van der Waals surface area contributed by atoms with Gasteiger partial charge in [0.15, 0.2) is 17.3 Å². The van der Waals surface area contributed by atoms with Crippen molar-refractivity contribution in [3.05, 3.63) is 28.3 Å². The van der Waals surface area contributed by atoms with E-state index in [1.165, 1.54) is 0 Å². The second-order valence-corrected chi connectivity index (χ2v) is 8.03. The van der Waals surface area contributed by atoms with Gasteiger partial charge >= 0.3 is 18.3 Å². The highest BCUT2D eigenvalue weighted by Gasteiger charge is 2.33. The summed E-state index contributed by atoms with van der Waals surface area (Å²) in [5.74, 6) is -2.77. The number of pyridine rings is 1. The molecule has 13 heteroatoms. The van der Waals surface area contributed by atoms with Gasteiger partial charge < -0.3 is 28.8 Å². The molecule has 2 heterocycles. The summed E-state index contributed by atoms with van der Waals surface area (Å²) in [6.45, 7) is 0.816. The number of halogens is 4. The molecule has 0 spiro atoms. The van der Waals surface area contributed by atoms with Crippen molar-refractivity contribution in [1.29, 1.82) is 0 Å². The molecular weight excluding hydrogens is 480 g/mol. The number of benzene rings is 1. The maximum Gasteiger partial charge on any atom is 0.511 e. The lowest BCUT2D eigenvalue weighted by molar-refractivity contribution is -0.144. The van der Waals surface area contributed by atoms with Crippen molar-refractivity contribution in [1.82, 2.24) is 4.57 Å². The third-order valence-corrected chi connectivity index (χ3v) is 5.56. The van der Waals surface area contributed by atoms with Crippen LogP contribution < -0.4 is 19.8 Å². The monoisotopic (exact) mass is 504 g/mol. The molecule has 0 amide bonds. The van der Waals surface area contributed by atoms with E-state index in [2.05, 4.69) is 4.74 Å². The Hall–Kier alpha value is -3.51. The number of piperidine rings is 1. The largest absolute Gasteiger partial charge is 0.511 e. The van der Waals surface area contributed by atoms with E-state index in [4.69, 9.17) is 14.6 Å². The summed E-state index contributed by atoms with van der Waals surface area (Å²) in [6, 6.07) is 0.742. The van der Waals surface area contributed by atoms with E-state index >= 15 is 4.39 Å². The van der Waals surface area contributed by atoms with Crippen LogP contribution in [0.2, 0.25) is 0 Å². The minimum Gasteiger partial charge on any atom is -0.492 e. The maximum absolute atomic E-state index is 15.4. The van der Waals surface area contributed by atoms with Crippen LogP contribution in [0, 0.1) is 11.7 Å². The third kappa shape index (κ3) is 5.95. The Morgan fingerprint density at radius 2 is 2.00 bits per heavy atom. The number of aromatic nitrogens is 1. The van der Waals surface area contributed by atoms with Crippen LogP contribution in [0.1, 0.15) is 26.2 Å². The Labute approximate surface area is 196 Å². The average molecular weight is 504 g/mol. The molecule has 0 unspecified atom stereocenters. The van der Waals surface area contributed by atoms with E-state index in [1.807, 2.05) is 0 Å². The Morgan fingerprint density at radius 1 is 1.29 bits per heavy atom. The fourth-order valence-corrected chi connectivity index (χ4v) is 4.33. The molecule has 0 radical (unpaired) electrons. The zero-order chi connectivity index (χ0) is 25.9. The number of ether oxygens (including phenoxy) is 3. The van der Waals surface area contributed by atoms with Crippen molar-refractivity contribution in [3.63, 3.8) is 0 Å². The average Bonchev–Trinajstić information content (AvgIpc) is 2.75. The van der Waals surface area contributed by atoms with Gasteiger partial charge in [0.05, 0.1) is 37.2 Å². The lowest BCUT2D eigenvalue weighted by Gasteiger charge is -2.35. The number of esters is 1. The summed E-state index contributed by atoms with van der Waals surface area (Å²) in [4.78, 5) is 37.1. The number of carbonyl (C=O) groups excluding carboxylic acids is 1. The second-order valence-electron chi connectivity index (χ2n) is 8.03. The number of hydrogen-bond acceptors (Lipinski definition) is 7. The Balaban J connectivity index is 2.17. The van der Waals surface area contributed by atoms with Gasteiger partial charge in [-0.3, -0.25) is 9.59 Å². The molecule has 0 bridgehead atoms. The van der Waals surface area contributed by atoms with E-state index in [9.17, 15) is 27.6 Å². The number of methoxy groups -OCH3 is 1. The zero-order valence-electron chi connectivity index (χ0n) is 19.0. The lowest BCUT2D eigenvalue weighted by Crippen LogP contribution is -2.37. The van der Waals surface area contributed by atoms with Crippen molar-refractivity contribution in [2.45, 2.75) is 38.9 Å². The topological polar surface area (TPSA) is 107 Å². The van der Waals surface area contributed by atoms with Gasteiger partial charge in [-0.05, 0) is 31.7 Å². The highest BCUT2D eigenvalue weighted by molar-refractivity contribution is 5.92. The summed E-state index contributed by atoms with van der Waals surface area (Å²) < 4.78 is 70.6. The Morgan fingerprint density at radius 3 is 2.60 bits per heavy atom. The smallest absolute Gasteiger partial charge is 0.492 e. The minimum absolute atomic E-state index is 0.0938. The first-order valence-corrected chi connectivity index (χ1v) is 10.8. The number of carboxylic acid groups (broad SMARTS) is 1. The fourth-order valence-electron chi connectivity index (χ4n) is 4.33. The summed E-state index contributed by atoms with van der Waals surface area (Å²) in [7, 11) is 1.13. The molecular formula is C22H24F4N2O7. The number of hydrogen-bond donors (Lipinski definition) is 1. The van der Waals surface area contributed by atoms with Gasteiger partial charge in [0.25, 0.3) is 0 Å². The van der Waals surface area contributed by atoms with Crippen molar-refractivity contribution in [2.24, 2.45) is 5.92 Å². The van der Waals surface area contributed by atoms with E-state index in [1.54, 1.807) is 11.8 Å². The van der Waals surface area contributed by atoms with Gasteiger partial charge in [0.2, 0.25) is 5.43 Å². The molecule has 3 rings (SSSR count). The molecule has 1 aromatic heterocycles. The van der Waals surface area contributed by atoms with Crippen LogP contribution in [-0.2, 0) is 16.1 Å². The van der Waals surface area contributed by atoms with Gasteiger partial charge in [-0.25, -0.2) is 9.18 Å². The predicted octanol–water partition coefficient (Wildman–Crippen LogP) is 3.94. The predicted molar refractivity (Wildman–Crippen MR) is 116 cm³/mol. The molecule has 1 N–H and O–H groups in total. The first-order chi connectivity index (χ1) is 16.4. The third-order valence-electron chi connectivity index (χ3n) is 5.56. The van der Waals surface area contributed by atoms with E-state index in [0.717, 1.165) is 13.2 Å². The molecule has 1 fully saturated rings. The molecule has 1 atom stereocenters. The highest BCUT2D eigenvalue weighted by atomic mass is 19.4. The summed E-state index contributed by atoms with van der Waals surface area (Å²) in [5.41, 5.74) is -1.63. The van der Waals surface area contributed by atoms with Crippen molar-refractivity contribution >= 4 is 28.7 Å². The quantitative estimate of drug-likeness (QED) is 0.447. The number of anilines is 1. The first-order valence-electron chi connectivity index (χ1n) is 10.8. The van der Waals surface area contributed by atoms with Gasteiger partial charge in [-0.15, -0.1) is 0 Å². The molecule has 1 aliphatic heterocycles. The highest BCUT2D eigenvalue weighted by Crippen LogP contribution is 2.41. The first kappa shape index (κ1) is 26.1. The standard InChI is InChI=1S/C22H24F4N2O7/c1-3-34-16(29)7-12-5-4-6-27(9-12)18-14(23)8-13-17(20(18)33-2)28(11-22(24,25)26)10-15(19(13)30)35-21(31)32/h8,10,12H,3-7,9,11H2,1-2H3,(H,31,32)/t12-/m0/s1. The van der Waals surface area contributed by atoms with Crippen molar-refractivity contribution in [2.75, 3.05) is 31.7 Å². The van der Waals surface area contributed by atoms with Crippen LogP contribution in [0.3, 0.4) is 0 Å². The molecule has 0 aliphatic carbocycles. The maximum atomic E-state index is 15.4. The van der Waals surface area contributed by atoms with Gasteiger partial charge in [0.1, 0.15) is 12.2 Å². The number of carbonyl (C=O) groups is 2. The Kier molecular flexibility index (Phi) is 7.76. The summed E-state index contributed by atoms with van der Waals surface area (Å²) in [5, 5.41) is 8.31. The Bertz CT molecular complexity index is 1180. The zero-order valence-corrected chi connectivity index (χ0v) is 19.0. The van der Waals surface area contributed by atoms with E-state index < -0.39 is 47.2 Å². The summed E-state index contributed by atoms with van der Waals surface area (Å²) in [6.07, 6.45) is -4.73. The van der Waals surface area contributed by atoms with Gasteiger partial charge in [0, 0.05) is 13.1 Å². The van der Waals surface area contributed by atoms with Crippen LogP contribution in [0.4, 0.5) is 28.0 Å². The molecule has 9 nitrogen and oxygen atoms in total. The lowest BCUT2D eigenvalue weighted by atomic mass is 9.94. The normalized spacial score (nSPS) is 16.3. The molecule has 0 saturated carbocycles. The van der Waals surface area contributed by atoms with Crippen LogP contribution in [0.25, 0.3) is 10.9 Å².